The minimum atomic E-state index is -1.65. The van der Waals surface area contributed by atoms with E-state index in [-0.39, 0.29) is 26.1 Å². The highest BCUT2D eigenvalue weighted by Gasteiger charge is 2.44. The first-order chi connectivity index (χ1) is 18.6. The molecule has 0 saturated carbocycles. The highest BCUT2D eigenvalue weighted by molar-refractivity contribution is 5.88. The van der Waals surface area contributed by atoms with Gasteiger partial charge in [0.15, 0.2) is 23.0 Å². The molecular weight excluding hydrogens is 512 g/mol. The van der Waals surface area contributed by atoms with Crippen molar-refractivity contribution < 1.29 is 52.6 Å². The number of rotatable bonds is 10. The fourth-order valence-electron chi connectivity index (χ4n) is 5.02. The summed E-state index contributed by atoms with van der Waals surface area (Å²) in [7, 11) is 9.00. The molecule has 39 heavy (non-hydrogen) atoms. The SMILES string of the molecule is COc1cc2c(c(OC)c1OC)-c1c(cc(OC)c(OC)c1OC)C[C@@](O)(COC(C)=O)[C@@H](COC(C)=O)C2. The zero-order valence-corrected chi connectivity index (χ0v) is 23.6. The third-order valence-corrected chi connectivity index (χ3v) is 6.81. The topological polar surface area (TPSA) is 128 Å². The van der Waals surface area contributed by atoms with Crippen molar-refractivity contribution in [2.45, 2.75) is 32.3 Å². The Hall–Kier alpha value is -3.86. The first kappa shape index (κ1) is 29.7. The van der Waals surface area contributed by atoms with Gasteiger partial charge in [-0.3, -0.25) is 9.59 Å². The number of esters is 2. The average Bonchev–Trinajstić information content (AvgIpc) is 2.91. The molecule has 2 aromatic carbocycles. The smallest absolute Gasteiger partial charge is 0.302 e. The summed E-state index contributed by atoms with van der Waals surface area (Å²) in [6, 6.07) is 3.50. The van der Waals surface area contributed by atoms with Gasteiger partial charge in [-0.05, 0) is 29.7 Å². The highest BCUT2D eigenvalue weighted by atomic mass is 16.6. The van der Waals surface area contributed by atoms with Crippen LogP contribution >= 0.6 is 0 Å². The van der Waals surface area contributed by atoms with Gasteiger partial charge in [-0.2, -0.15) is 0 Å². The first-order valence-corrected chi connectivity index (χ1v) is 12.2. The molecule has 1 aliphatic rings. The Bertz CT molecular complexity index is 1220. The summed E-state index contributed by atoms with van der Waals surface area (Å²) < 4.78 is 45.0. The van der Waals surface area contributed by atoms with E-state index in [1.807, 2.05) is 0 Å². The molecule has 2 atom stereocenters. The minimum absolute atomic E-state index is 0.0187. The van der Waals surface area contributed by atoms with Crippen LogP contribution in [0.2, 0.25) is 0 Å². The van der Waals surface area contributed by atoms with Gasteiger partial charge in [0.25, 0.3) is 0 Å². The molecule has 11 nitrogen and oxygen atoms in total. The monoisotopic (exact) mass is 548 g/mol. The lowest BCUT2D eigenvalue weighted by molar-refractivity contribution is -0.159. The summed E-state index contributed by atoms with van der Waals surface area (Å²) in [5, 5.41) is 12.1. The van der Waals surface area contributed by atoms with Crippen molar-refractivity contribution in [3.05, 3.63) is 23.3 Å². The largest absolute Gasteiger partial charge is 0.493 e. The van der Waals surface area contributed by atoms with Gasteiger partial charge >= 0.3 is 11.9 Å². The molecule has 11 heteroatoms. The van der Waals surface area contributed by atoms with Crippen LogP contribution in [-0.2, 0) is 31.9 Å². The zero-order valence-electron chi connectivity index (χ0n) is 23.6. The number of carbonyl (C=O) groups is 2. The van der Waals surface area contributed by atoms with Gasteiger partial charge < -0.3 is 43.0 Å². The standard InChI is InChI=1S/C28H36O11/c1-15(29)38-13-19-9-17-10-20(32-3)24(34-5)26(36-7)22(17)23-18(12-28(19,31)14-39-16(2)30)11-21(33-4)25(35-6)27(23)37-8/h10-11,19,31H,9,12-14H2,1-8H3/t19-,28-/m1/s1. The van der Waals surface area contributed by atoms with Crippen molar-refractivity contribution in [3.63, 3.8) is 0 Å². The summed E-state index contributed by atoms with van der Waals surface area (Å²) in [6.07, 6.45) is 0.170. The van der Waals surface area contributed by atoms with E-state index >= 15 is 0 Å². The summed E-state index contributed by atoms with van der Waals surface area (Å²) in [6.45, 7) is 2.07. The fraction of sp³-hybridized carbons (Fsp3) is 0.500. The van der Waals surface area contributed by atoms with E-state index in [0.717, 1.165) is 0 Å². The molecule has 0 radical (unpaired) electrons. The number of aliphatic hydroxyl groups is 1. The van der Waals surface area contributed by atoms with Crippen molar-refractivity contribution in [2.24, 2.45) is 5.92 Å². The summed E-state index contributed by atoms with van der Waals surface area (Å²) in [5.74, 6) is 0.388. The van der Waals surface area contributed by atoms with Crippen LogP contribution in [0.3, 0.4) is 0 Å². The minimum Gasteiger partial charge on any atom is -0.493 e. The number of hydrogen-bond donors (Lipinski definition) is 1. The lowest BCUT2D eigenvalue weighted by atomic mass is 9.73. The maximum Gasteiger partial charge on any atom is 0.302 e. The molecule has 0 aromatic heterocycles. The van der Waals surface area contributed by atoms with Gasteiger partial charge in [0.05, 0.1) is 49.3 Å². The quantitative estimate of drug-likeness (QED) is 0.440. The van der Waals surface area contributed by atoms with Crippen LogP contribution < -0.4 is 28.4 Å². The number of carbonyl (C=O) groups excluding carboxylic acids is 2. The van der Waals surface area contributed by atoms with Gasteiger partial charge in [0.1, 0.15) is 12.2 Å². The maximum absolute atomic E-state index is 12.1. The predicted octanol–water partition coefficient (Wildman–Crippen LogP) is 2.98. The molecule has 0 spiro atoms. The molecule has 1 N–H and O–H groups in total. The molecule has 3 rings (SSSR count). The normalized spacial score (nSPS) is 17.9. The maximum atomic E-state index is 12.1. The fourth-order valence-corrected chi connectivity index (χ4v) is 5.02. The van der Waals surface area contributed by atoms with Crippen molar-refractivity contribution in [1.82, 2.24) is 0 Å². The van der Waals surface area contributed by atoms with Crippen LogP contribution in [0.4, 0.5) is 0 Å². The second-order valence-corrected chi connectivity index (χ2v) is 9.12. The number of ether oxygens (including phenoxy) is 8. The lowest BCUT2D eigenvalue weighted by Gasteiger charge is -2.39. The zero-order chi connectivity index (χ0) is 28.9. The first-order valence-electron chi connectivity index (χ1n) is 12.2. The summed E-state index contributed by atoms with van der Waals surface area (Å²) >= 11 is 0. The van der Waals surface area contributed by atoms with Crippen LogP contribution in [0.15, 0.2) is 12.1 Å². The van der Waals surface area contributed by atoms with E-state index in [4.69, 9.17) is 37.9 Å². The lowest BCUT2D eigenvalue weighted by Crippen LogP contribution is -2.49. The number of benzene rings is 2. The Kier molecular flexibility index (Phi) is 9.39. The van der Waals surface area contributed by atoms with E-state index in [0.29, 0.717) is 56.8 Å². The van der Waals surface area contributed by atoms with Gasteiger partial charge in [0.2, 0.25) is 11.5 Å². The molecule has 0 bridgehead atoms. The van der Waals surface area contributed by atoms with Crippen molar-refractivity contribution in [2.75, 3.05) is 55.9 Å². The van der Waals surface area contributed by atoms with Crippen LogP contribution in [0.25, 0.3) is 11.1 Å². The van der Waals surface area contributed by atoms with Crippen LogP contribution in [0.5, 0.6) is 34.5 Å². The molecule has 0 heterocycles. The Balaban J connectivity index is 2.48. The van der Waals surface area contributed by atoms with Crippen LogP contribution in [-0.4, -0.2) is 78.5 Å². The molecule has 0 unspecified atom stereocenters. The second kappa shape index (κ2) is 12.3. The Morgan fingerprint density at radius 2 is 1.21 bits per heavy atom. The van der Waals surface area contributed by atoms with E-state index < -0.39 is 23.5 Å². The van der Waals surface area contributed by atoms with Gasteiger partial charge in [-0.25, -0.2) is 0 Å². The molecule has 214 valence electrons. The average molecular weight is 549 g/mol. The predicted molar refractivity (Wildman–Crippen MR) is 140 cm³/mol. The Morgan fingerprint density at radius 3 is 1.64 bits per heavy atom. The van der Waals surface area contributed by atoms with Crippen molar-refractivity contribution >= 4 is 11.9 Å². The molecule has 0 aliphatic heterocycles. The van der Waals surface area contributed by atoms with Crippen molar-refractivity contribution in [1.29, 1.82) is 0 Å². The van der Waals surface area contributed by atoms with E-state index in [1.165, 1.54) is 56.5 Å². The Morgan fingerprint density at radius 1 is 0.744 bits per heavy atom. The Labute approximate surface area is 227 Å². The third-order valence-electron chi connectivity index (χ3n) is 6.81. The van der Waals surface area contributed by atoms with Gasteiger partial charge in [0, 0.05) is 37.3 Å². The van der Waals surface area contributed by atoms with E-state index in [1.54, 1.807) is 12.1 Å². The summed E-state index contributed by atoms with van der Waals surface area (Å²) in [4.78, 5) is 23.6. The van der Waals surface area contributed by atoms with Gasteiger partial charge in [-0.15, -0.1) is 0 Å². The molecule has 0 fully saturated rings. The van der Waals surface area contributed by atoms with E-state index in [2.05, 4.69) is 0 Å². The van der Waals surface area contributed by atoms with Crippen LogP contribution in [0, 0.1) is 5.92 Å². The van der Waals surface area contributed by atoms with E-state index in [9.17, 15) is 14.7 Å². The molecular formula is C28H36O11. The highest BCUT2D eigenvalue weighted by Crippen LogP contribution is 2.56. The molecule has 1 aliphatic carbocycles. The second-order valence-electron chi connectivity index (χ2n) is 9.12. The number of methoxy groups -OCH3 is 6. The molecule has 0 saturated heterocycles. The number of hydrogen-bond acceptors (Lipinski definition) is 11. The van der Waals surface area contributed by atoms with Gasteiger partial charge in [-0.1, -0.05) is 0 Å². The van der Waals surface area contributed by atoms with Crippen LogP contribution in [0.1, 0.15) is 25.0 Å². The number of fused-ring (bicyclic) bond motifs is 3. The molecule has 0 amide bonds. The molecule has 2 aromatic rings. The third kappa shape index (κ3) is 5.78. The van der Waals surface area contributed by atoms with Crippen molar-refractivity contribution in [3.8, 4) is 45.6 Å². The summed E-state index contributed by atoms with van der Waals surface area (Å²) in [5.41, 5.74) is 0.784.